The van der Waals surface area contributed by atoms with Gasteiger partial charge in [-0.2, -0.15) is 0 Å². The minimum atomic E-state index is -0.118. The first-order chi connectivity index (χ1) is 30.0. The third-order valence-electron chi connectivity index (χ3n) is 12.5. The van der Waals surface area contributed by atoms with Crippen LogP contribution < -0.4 is 0 Å². The van der Waals surface area contributed by atoms with Gasteiger partial charge in [-0.15, -0.1) is 0 Å². The van der Waals surface area contributed by atoms with Gasteiger partial charge in [-0.25, -0.2) is 15.0 Å². The summed E-state index contributed by atoms with van der Waals surface area (Å²) in [5.74, 6) is 1.77. The van der Waals surface area contributed by atoms with Crippen molar-refractivity contribution < 1.29 is 4.42 Å². The number of furan rings is 1. The molecule has 0 saturated carbocycles. The second kappa shape index (κ2) is 14.0. The molecule has 0 saturated heterocycles. The molecule has 0 spiro atoms. The number of hydrogen-bond donors (Lipinski definition) is 0. The Labute approximate surface area is 358 Å². The highest BCUT2D eigenvalue weighted by Crippen LogP contribution is 2.57. The van der Waals surface area contributed by atoms with Gasteiger partial charge in [0.2, 0.25) is 0 Å². The number of rotatable bonds is 6. The maximum absolute atomic E-state index is 6.48. The van der Waals surface area contributed by atoms with Crippen LogP contribution in [0.3, 0.4) is 0 Å². The predicted octanol–water partition coefficient (Wildman–Crippen LogP) is 14.0. The molecule has 2 aromatic heterocycles. The Balaban J connectivity index is 0.932. The molecule has 3 heterocycles. The summed E-state index contributed by atoms with van der Waals surface area (Å²) >= 11 is 1.86. The summed E-state index contributed by atoms with van der Waals surface area (Å²) in [6.45, 7) is 4.74. The molecular weight excluding hydrogens is 765 g/mol. The normalized spacial score (nSPS) is 16.3. The fourth-order valence-corrected chi connectivity index (χ4v) is 10.6. The van der Waals surface area contributed by atoms with E-state index in [2.05, 4.69) is 159 Å². The number of para-hydroxylation sites is 2. The first-order valence-corrected chi connectivity index (χ1v) is 21.6. The average molecular weight is 803 g/mol. The largest absolute Gasteiger partial charge is 0.455 e. The number of allylic oxidation sites excluding steroid dienone is 2. The van der Waals surface area contributed by atoms with E-state index in [4.69, 9.17) is 24.4 Å². The SMILES string of the molecule is CC1(C)C2=CCC3N=C(c4ccccc4)SC3=C2c2ccc(-c3ccc(-c4nc(-c5cccc(-c6ccccc6)c5)nc(-c5cccc6c5oc5ccccc56)n4)cc3)cc21. The zero-order chi connectivity index (χ0) is 40.7. The van der Waals surface area contributed by atoms with Crippen molar-refractivity contribution in [3.8, 4) is 56.4 Å². The topological polar surface area (TPSA) is 64.2 Å². The van der Waals surface area contributed by atoms with Gasteiger partial charge >= 0.3 is 0 Å². The van der Waals surface area contributed by atoms with Crippen LogP contribution in [0.25, 0.3) is 83.9 Å². The fraction of sp³-hybridized carbons (Fsp3) is 0.0909. The highest BCUT2D eigenvalue weighted by atomic mass is 32.2. The Morgan fingerprint density at radius 3 is 1.95 bits per heavy atom. The van der Waals surface area contributed by atoms with Gasteiger partial charge in [0.05, 0.1) is 11.6 Å². The summed E-state index contributed by atoms with van der Waals surface area (Å²) in [5, 5.41) is 3.22. The molecule has 0 N–H and O–H groups in total. The van der Waals surface area contributed by atoms with Crippen LogP contribution in [-0.2, 0) is 5.41 Å². The lowest BCUT2D eigenvalue weighted by Crippen LogP contribution is -2.18. The number of benzene rings is 7. The van der Waals surface area contributed by atoms with Gasteiger partial charge in [0.15, 0.2) is 17.5 Å². The summed E-state index contributed by atoms with van der Waals surface area (Å²) in [4.78, 5) is 22.0. The highest BCUT2D eigenvalue weighted by Gasteiger charge is 2.44. The first-order valence-electron chi connectivity index (χ1n) is 20.8. The van der Waals surface area contributed by atoms with Crippen molar-refractivity contribution in [2.45, 2.75) is 31.7 Å². The van der Waals surface area contributed by atoms with Crippen LogP contribution in [0.5, 0.6) is 0 Å². The minimum absolute atomic E-state index is 0.118. The Hall–Kier alpha value is -7.15. The number of aromatic nitrogens is 3. The molecule has 2 aliphatic carbocycles. The first kappa shape index (κ1) is 35.8. The summed E-state index contributed by atoms with van der Waals surface area (Å²) in [6, 6.07) is 59.6. The van der Waals surface area contributed by atoms with E-state index >= 15 is 0 Å². The van der Waals surface area contributed by atoms with Gasteiger partial charge in [-0.1, -0.05) is 177 Å². The lowest BCUT2D eigenvalue weighted by atomic mass is 9.79. The molecule has 1 unspecified atom stereocenters. The van der Waals surface area contributed by atoms with E-state index in [1.54, 1.807) is 0 Å². The Morgan fingerprint density at radius 2 is 1.13 bits per heavy atom. The zero-order valence-electron chi connectivity index (χ0n) is 33.6. The van der Waals surface area contributed by atoms with Crippen LogP contribution in [0.4, 0.5) is 0 Å². The second-order valence-electron chi connectivity index (χ2n) is 16.5. The van der Waals surface area contributed by atoms with Crippen LogP contribution in [-0.4, -0.2) is 26.0 Å². The molecule has 0 amide bonds. The van der Waals surface area contributed by atoms with Crippen LogP contribution in [0, 0.1) is 0 Å². The molecule has 6 heteroatoms. The number of nitrogens with zero attached hydrogens (tertiary/aromatic N) is 4. The van der Waals surface area contributed by atoms with Crippen molar-refractivity contribution in [1.82, 2.24) is 15.0 Å². The van der Waals surface area contributed by atoms with Crippen molar-refractivity contribution >= 4 is 44.3 Å². The molecule has 61 heavy (non-hydrogen) atoms. The summed E-state index contributed by atoms with van der Waals surface area (Å²) in [5.41, 5.74) is 15.4. The predicted molar refractivity (Wildman–Crippen MR) is 251 cm³/mol. The van der Waals surface area contributed by atoms with Gasteiger partial charge in [0.1, 0.15) is 16.2 Å². The van der Waals surface area contributed by atoms with E-state index in [1.807, 2.05) is 42.1 Å². The summed E-state index contributed by atoms with van der Waals surface area (Å²) in [7, 11) is 0. The number of aliphatic imine (C=N–C) groups is 1. The molecule has 5 nitrogen and oxygen atoms in total. The van der Waals surface area contributed by atoms with Crippen molar-refractivity contribution in [2.75, 3.05) is 0 Å². The molecule has 12 rings (SSSR count). The lowest BCUT2D eigenvalue weighted by Gasteiger charge is -2.26. The van der Waals surface area contributed by atoms with Crippen molar-refractivity contribution in [2.24, 2.45) is 4.99 Å². The molecule has 9 aromatic rings. The number of thioether (sulfide) groups is 1. The van der Waals surface area contributed by atoms with Crippen LogP contribution in [0.1, 0.15) is 37.0 Å². The van der Waals surface area contributed by atoms with E-state index in [0.717, 1.165) is 66.8 Å². The van der Waals surface area contributed by atoms with E-state index in [0.29, 0.717) is 17.5 Å². The molecule has 1 aliphatic heterocycles. The highest BCUT2D eigenvalue weighted by molar-refractivity contribution is 8.18. The Morgan fingerprint density at radius 1 is 0.525 bits per heavy atom. The summed E-state index contributed by atoms with van der Waals surface area (Å²) in [6.07, 6.45) is 3.38. The molecule has 7 aromatic carbocycles. The van der Waals surface area contributed by atoms with E-state index < -0.39 is 0 Å². The monoisotopic (exact) mass is 802 g/mol. The van der Waals surface area contributed by atoms with Gasteiger partial charge in [-0.05, 0) is 75.2 Å². The van der Waals surface area contributed by atoms with E-state index in [-0.39, 0.29) is 11.5 Å². The van der Waals surface area contributed by atoms with Crippen LogP contribution in [0.15, 0.2) is 196 Å². The second-order valence-corrected chi connectivity index (χ2v) is 17.5. The maximum atomic E-state index is 6.48. The molecular formula is C55H38N4OS. The van der Waals surface area contributed by atoms with Gasteiger partial charge in [0, 0.05) is 37.8 Å². The van der Waals surface area contributed by atoms with E-state index in [9.17, 15) is 0 Å². The lowest BCUT2D eigenvalue weighted by molar-refractivity contribution is 0.650. The number of hydrogen-bond acceptors (Lipinski definition) is 6. The molecule has 0 radical (unpaired) electrons. The third-order valence-corrected chi connectivity index (χ3v) is 13.7. The Bertz CT molecular complexity index is 3320. The van der Waals surface area contributed by atoms with Gasteiger partial charge in [0.25, 0.3) is 0 Å². The van der Waals surface area contributed by atoms with Crippen molar-refractivity contribution in [3.05, 3.63) is 203 Å². The molecule has 0 bridgehead atoms. The quantitative estimate of drug-likeness (QED) is 0.168. The molecule has 3 aliphatic rings. The fourth-order valence-electron chi connectivity index (χ4n) is 9.36. The van der Waals surface area contributed by atoms with Crippen LogP contribution >= 0.6 is 11.8 Å². The smallest absolute Gasteiger partial charge is 0.167 e. The van der Waals surface area contributed by atoms with Crippen LogP contribution in [0.2, 0.25) is 0 Å². The van der Waals surface area contributed by atoms with Crippen molar-refractivity contribution in [1.29, 1.82) is 0 Å². The Kier molecular flexibility index (Phi) is 8.19. The standard InChI is InChI=1S/C55H38N4OS/c1-55(2)44-29-30-46-50(61-54(56-46)36-15-7-4-8-16-36)48(44)42-28-27-38(32-45(42)55)34-23-25-35(26-24-34)51-57-52(39-18-11-17-37(31-39)33-13-5-3-6-14-33)59-53(58-51)43-21-12-20-41-40-19-9-10-22-47(40)60-49(41)43/h3-29,31-32,46H,30H2,1-2H3. The minimum Gasteiger partial charge on any atom is -0.455 e. The number of fused-ring (bicyclic) bond motifs is 7. The zero-order valence-corrected chi connectivity index (χ0v) is 34.4. The average Bonchev–Trinajstić information content (AvgIpc) is 4.00. The van der Waals surface area contributed by atoms with Crippen molar-refractivity contribution in [3.63, 3.8) is 0 Å². The summed E-state index contributed by atoms with van der Waals surface area (Å²) < 4.78 is 6.48. The maximum Gasteiger partial charge on any atom is 0.167 e. The van der Waals surface area contributed by atoms with Gasteiger partial charge < -0.3 is 4.42 Å². The van der Waals surface area contributed by atoms with Gasteiger partial charge in [-0.3, -0.25) is 4.99 Å². The molecule has 290 valence electrons. The third kappa shape index (κ3) is 5.93. The van der Waals surface area contributed by atoms with E-state index in [1.165, 1.54) is 38.3 Å². The molecule has 0 fully saturated rings. The molecule has 1 atom stereocenters.